The van der Waals surface area contributed by atoms with Crippen LogP contribution >= 0.6 is 0 Å². The van der Waals surface area contributed by atoms with E-state index in [0.717, 1.165) is 5.92 Å². The van der Waals surface area contributed by atoms with Crippen LogP contribution in [0.25, 0.3) is 0 Å². The molecule has 0 amide bonds. The summed E-state index contributed by atoms with van der Waals surface area (Å²) < 4.78 is 0. The predicted octanol–water partition coefficient (Wildman–Crippen LogP) is 13.8. The SMILES string of the molecule is CCCCCCCCCCCCCCCCCCC(C)CCCCCCCCCCCCCCC. The van der Waals surface area contributed by atoms with Gasteiger partial charge in [-0.2, -0.15) is 0 Å². The highest BCUT2D eigenvalue weighted by molar-refractivity contribution is 4.56. The fourth-order valence-corrected chi connectivity index (χ4v) is 5.70. The van der Waals surface area contributed by atoms with Gasteiger partial charge in [-0.3, -0.25) is 0 Å². The minimum atomic E-state index is 0.967. The van der Waals surface area contributed by atoms with Crippen molar-refractivity contribution in [1.29, 1.82) is 0 Å². The third-order valence-electron chi connectivity index (χ3n) is 8.35. The molecule has 212 valence electrons. The summed E-state index contributed by atoms with van der Waals surface area (Å²) in [6.07, 6.45) is 45.7. The van der Waals surface area contributed by atoms with Gasteiger partial charge in [-0.1, -0.05) is 220 Å². The van der Waals surface area contributed by atoms with E-state index in [4.69, 9.17) is 0 Å². The van der Waals surface area contributed by atoms with Crippen molar-refractivity contribution < 1.29 is 0 Å². The lowest BCUT2D eigenvalue weighted by Gasteiger charge is -2.11. The van der Waals surface area contributed by atoms with Crippen LogP contribution < -0.4 is 0 Å². The van der Waals surface area contributed by atoms with E-state index in [1.807, 2.05) is 0 Å². The number of unbranched alkanes of at least 4 members (excludes halogenated alkanes) is 27. The molecule has 0 radical (unpaired) electrons. The van der Waals surface area contributed by atoms with Crippen molar-refractivity contribution in [1.82, 2.24) is 0 Å². The van der Waals surface area contributed by atoms with Gasteiger partial charge in [0.25, 0.3) is 0 Å². The van der Waals surface area contributed by atoms with Crippen LogP contribution in [0.4, 0.5) is 0 Å². The molecule has 0 fully saturated rings. The molecule has 1 unspecified atom stereocenters. The number of rotatable bonds is 31. The van der Waals surface area contributed by atoms with Gasteiger partial charge in [-0.05, 0) is 5.92 Å². The minimum absolute atomic E-state index is 0.967. The molecule has 0 aliphatic carbocycles. The highest BCUT2D eigenvalue weighted by Crippen LogP contribution is 2.19. The van der Waals surface area contributed by atoms with Crippen LogP contribution in [0, 0.1) is 5.92 Å². The Hall–Kier alpha value is 0. The summed E-state index contributed by atoms with van der Waals surface area (Å²) in [4.78, 5) is 0. The summed E-state index contributed by atoms with van der Waals surface area (Å²) in [6, 6.07) is 0. The van der Waals surface area contributed by atoms with Gasteiger partial charge in [0.15, 0.2) is 0 Å². The maximum atomic E-state index is 2.51. The van der Waals surface area contributed by atoms with Crippen molar-refractivity contribution in [3.63, 3.8) is 0 Å². The molecule has 0 spiro atoms. The van der Waals surface area contributed by atoms with Crippen LogP contribution in [-0.2, 0) is 0 Å². The minimum Gasteiger partial charge on any atom is -0.0654 e. The molecule has 0 rings (SSSR count). The average molecular weight is 493 g/mol. The van der Waals surface area contributed by atoms with Gasteiger partial charge in [-0.15, -0.1) is 0 Å². The highest BCUT2D eigenvalue weighted by atomic mass is 14.1. The van der Waals surface area contributed by atoms with Gasteiger partial charge in [0.1, 0.15) is 0 Å². The molecule has 0 aliphatic heterocycles. The summed E-state index contributed by atoms with van der Waals surface area (Å²) in [5, 5.41) is 0. The summed E-state index contributed by atoms with van der Waals surface area (Å²) in [5.74, 6) is 0.967. The van der Waals surface area contributed by atoms with E-state index in [9.17, 15) is 0 Å². The van der Waals surface area contributed by atoms with Crippen molar-refractivity contribution in [3.8, 4) is 0 Å². The quantitative estimate of drug-likeness (QED) is 0.0844. The van der Waals surface area contributed by atoms with Crippen molar-refractivity contribution >= 4 is 0 Å². The molecule has 0 aromatic carbocycles. The summed E-state index contributed by atoms with van der Waals surface area (Å²) in [6.45, 7) is 7.12. The Bertz CT molecular complexity index is 346. The van der Waals surface area contributed by atoms with E-state index < -0.39 is 0 Å². The Kier molecular flexibility index (Phi) is 32.0. The van der Waals surface area contributed by atoms with Gasteiger partial charge < -0.3 is 0 Å². The second-order valence-electron chi connectivity index (χ2n) is 12.2. The molecule has 0 nitrogen and oxygen atoms in total. The molecule has 35 heavy (non-hydrogen) atoms. The molecule has 0 aromatic heterocycles. The topological polar surface area (TPSA) is 0 Å². The van der Waals surface area contributed by atoms with E-state index in [1.54, 1.807) is 0 Å². The molecular formula is C35H72. The standard InChI is InChI=1S/C35H72/c1-4-6-8-10-12-14-16-18-19-20-22-24-26-28-30-32-34-35(3)33-31-29-27-25-23-21-17-15-13-11-9-7-5-2/h35H,4-34H2,1-3H3. The van der Waals surface area contributed by atoms with E-state index in [-0.39, 0.29) is 0 Å². The van der Waals surface area contributed by atoms with E-state index in [1.165, 1.54) is 199 Å². The van der Waals surface area contributed by atoms with Crippen LogP contribution in [0.15, 0.2) is 0 Å². The third-order valence-corrected chi connectivity index (χ3v) is 8.35. The first-order valence-corrected chi connectivity index (χ1v) is 17.3. The first-order valence-electron chi connectivity index (χ1n) is 17.3. The van der Waals surface area contributed by atoms with Crippen molar-refractivity contribution in [2.24, 2.45) is 5.92 Å². The second-order valence-corrected chi connectivity index (χ2v) is 12.2. The van der Waals surface area contributed by atoms with Crippen LogP contribution in [0.3, 0.4) is 0 Å². The van der Waals surface area contributed by atoms with Crippen LogP contribution in [0.2, 0.25) is 0 Å². The third kappa shape index (κ3) is 32.0. The van der Waals surface area contributed by atoms with Crippen molar-refractivity contribution in [2.45, 2.75) is 220 Å². The lowest BCUT2D eigenvalue weighted by Crippen LogP contribution is -1.95. The Morgan fingerprint density at radius 3 is 0.629 bits per heavy atom. The average Bonchev–Trinajstić information content (AvgIpc) is 2.86. The smallest absolute Gasteiger partial charge is 0.0443 e. The summed E-state index contributed by atoms with van der Waals surface area (Å²) >= 11 is 0. The fourth-order valence-electron chi connectivity index (χ4n) is 5.70. The Morgan fingerprint density at radius 1 is 0.257 bits per heavy atom. The lowest BCUT2D eigenvalue weighted by molar-refractivity contribution is 0.429. The monoisotopic (exact) mass is 493 g/mol. The first-order chi connectivity index (χ1) is 17.3. The lowest BCUT2D eigenvalue weighted by atomic mass is 9.95. The molecule has 0 saturated carbocycles. The first kappa shape index (κ1) is 35.0. The maximum absolute atomic E-state index is 2.51. The van der Waals surface area contributed by atoms with E-state index >= 15 is 0 Å². The second kappa shape index (κ2) is 32.0. The Labute approximate surface area is 225 Å². The van der Waals surface area contributed by atoms with Gasteiger partial charge in [0.05, 0.1) is 0 Å². The Balaban J connectivity index is 3.13. The molecule has 0 heteroatoms. The van der Waals surface area contributed by atoms with Gasteiger partial charge in [-0.25, -0.2) is 0 Å². The Morgan fingerprint density at radius 2 is 0.429 bits per heavy atom. The van der Waals surface area contributed by atoms with Crippen LogP contribution in [0.5, 0.6) is 0 Å². The maximum Gasteiger partial charge on any atom is -0.0443 e. The summed E-state index contributed by atoms with van der Waals surface area (Å²) in [5.41, 5.74) is 0. The van der Waals surface area contributed by atoms with Gasteiger partial charge in [0.2, 0.25) is 0 Å². The van der Waals surface area contributed by atoms with Crippen molar-refractivity contribution in [3.05, 3.63) is 0 Å². The molecule has 0 heterocycles. The van der Waals surface area contributed by atoms with Gasteiger partial charge >= 0.3 is 0 Å². The van der Waals surface area contributed by atoms with E-state index in [0.29, 0.717) is 0 Å². The predicted molar refractivity (Wildman–Crippen MR) is 164 cm³/mol. The van der Waals surface area contributed by atoms with Crippen molar-refractivity contribution in [2.75, 3.05) is 0 Å². The normalized spacial score (nSPS) is 12.4. The van der Waals surface area contributed by atoms with E-state index in [2.05, 4.69) is 20.8 Å². The van der Waals surface area contributed by atoms with Gasteiger partial charge in [0, 0.05) is 0 Å². The molecule has 0 saturated heterocycles. The largest absolute Gasteiger partial charge is 0.0654 e. The fraction of sp³-hybridized carbons (Fsp3) is 1.00. The zero-order valence-corrected chi connectivity index (χ0v) is 25.5. The molecule has 0 bridgehead atoms. The zero-order chi connectivity index (χ0) is 25.5. The zero-order valence-electron chi connectivity index (χ0n) is 25.5. The molecular weight excluding hydrogens is 420 g/mol. The van der Waals surface area contributed by atoms with Crippen LogP contribution in [-0.4, -0.2) is 0 Å². The molecule has 0 aliphatic rings. The molecule has 0 N–H and O–H groups in total. The van der Waals surface area contributed by atoms with Crippen LogP contribution in [0.1, 0.15) is 220 Å². The summed E-state index contributed by atoms with van der Waals surface area (Å²) in [7, 11) is 0. The highest BCUT2D eigenvalue weighted by Gasteiger charge is 2.02. The molecule has 0 aromatic rings. The number of hydrogen-bond acceptors (Lipinski definition) is 0. The molecule has 1 atom stereocenters. The number of hydrogen-bond donors (Lipinski definition) is 0.